The molecule has 1 heterocycles. The summed E-state index contributed by atoms with van der Waals surface area (Å²) in [6.45, 7) is 0. The highest BCUT2D eigenvalue weighted by Crippen LogP contribution is 2.16. The summed E-state index contributed by atoms with van der Waals surface area (Å²) < 4.78 is 21.3. The highest BCUT2D eigenvalue weighted by Gasteiger charge is 2.00. The maximum absolute atomic E-state index is 10.6. The third-order valence-corrected chi connectivity index (χ3v) is 2.47. The molecule has 2 rings (SSSR count). The molecule has 0 spiro atoms. The summed E-state index contributed by atoms with van der Waals surface area (Å²) >= 11 is -0.397. The molecule has 0 aliphatic carbocycles. The molecule has 13 heavy (non-hydrogen) atoms. The quantitative estimate of drug-likeness (QED) is 0.769. The van der Waals surface area contributed by atoms with Gasteiger partial charge < -0.3 is 0 Å². The van der Waals surface area contributed by atoms with Crippen LogP contribution in [0.2, 0.25) is 0 Å². The molecule has 0 radical (unpaired) electrons. The van der Waals surface area contributed by atoms with Crippen molar-refractivity contribution in [3.8, 4) is 0 Å². The van der Waals surface area contributed by atoms with Gasteiger partial charge in [0.2, 0.25) is 0 Å². The summed E-state index contributed by atoms with van der Waals surface area (Å²) in [5.74, 6) is 0. The number of nitrogens with one attached hydrogen (secondary N) is 1. The zero-order chi connectivity index (χ0) is 9.26. The number of benzene rings is 1. The third kappa shape index (κ3) is 1.82. The van der Waals surface area contributed by atoms with Crippen molar-refractivity contribution in [2.75, 3.05) is 4.72 Å². The van der Waals surface area contributed by atoms with Crippen LogP contribution in [0.15, 0.2) is 18.2 Å². The number of hydrogen-bond donors (Lipinski definition) is 2. The second-order valence-electron chi connectivity index (χ2n) is 2.37. The molecule has 2 aromatic rings. The fourth-order valence-electron chi connectivity index (χ4n) is 0.962. The molecular formula is C6H6N4OS2. The molecule has 1 atom stereocenters. The summed E-state index contributed by atoms with van der Waals surface area (Å²) in [7, 11) is 0. The molecule has 0 saturated heterocycles. The molecule has 1 aromatic carbocycles. The van der Waals surface area contributed by atoms with Crippen molar-refractivity contribution < 1.29 is 4.21 Å². The lowest BCUT2D eigenvalue weighted by Crippen LogP contribution is -2.12. The molecule has 0 aliphatic rings. The van der Waals surface area contributed by atoms with E-state index in [1.54, 1.807) is 18.2 Å². The number of aromatic nitrogens is 2. The van der Waals surface area contributed by atoms with Gasteiger partial charge in [-0.25, -0.2) is 9.35 Å². The third-order valence-electron chi connectivity index (χ3n) is 1.47. The Bertz CT molecular complexity index is 455. The van der Waals surface area contributed by atoms with Crippen LogP contribution < -0.4 is 9.86 Å². The van der Waals surface area contributed by atoms with Crippen molar-refractivity contribution in [3.63, 3.8) is 0 Å². The molecular weight excluding hydrogens is 208 g/mol. The first kappa shape index (κ1) is 8.54. The Morgan fingerprint density at radius 2 is 2.15 bits per heavy atom. The van der Waals surface area contributed by atoms with E-state index in [2.05, 4.69) is 13.5 Å². The van der Waals surface area contributed by atoms with Gasteiger partial charge in [0.15, 0.2) is 11.2 Å². The Morgan fingerprint density at radius 1 is 1.38 bits per heavy atom. The van der Waals surface area contributed by atoms with Gasteiger partial charge in [-0.2, -0.15) is 8.75 Å². The fourth-order valence-corrected chi connectivity index (χ4v) is 1.84. The topological polar surface area (TPSA) is 80.9 Å². The highest BCUT2D eigenvalue weighted by atomic mass is 32.2. The van der Waals surface area contributed by atoms with Gasteiger partial charge in [-0.1, -0.05) is 0 Å². The van der Waals surface area contributed by atoms with Gasteiger partial charge in [0.25, 0.3) is 0 Å². The maximum Gasteiger partial charge on any atom is 0.190 e. The predicted octanol–water partition coefficient (Wildman–Crippen LogP) is 0.641. The van der Waals surface area contributed by atoms with Gasteiger partial charge >= 0.3 is 0 Å². The summed E-state index contributed by atoms with van der Waals surface area (Å²) in [5, 5.41) is 5.07. The van der Waals surface area contributed by atoms with Crippen molar-refractivity contribution in [2.24, 2.45) is 5.14 Å². The SMILES string of the molecule is N[S@@](=O)Nc1ccc2nsnc2c1. The van der Waals surface area contributed by atoms with Gasteiger partial charge in [-0.3, -0.25) is 4.72 Å². The molecule has 0 bridgehead atoms. The number of anilines is 1. The number of hydrogen-bond acceptors (Lipinski definition) is 4. The van der Waals surface area contributed by atoms with Crippen molar-refractivity contribution in [1.29, 1.82) is 0 Å². The molecule has 68 valence electrons. The molecule has 5 nitrogen and oxygen atoms in total. The molecule has 7 heteroatoms. The Kier molecular flexibility index (Phi) is 2.21. The van der Waals surface area contributed by atoms with Crippen LogP contribution in [0.3, 0.4) is 0 Å². The molecule has 0 aliphatic heterocycles. The lowest BCUT2D eigenvalue weighted by atomic mass is 10.3. The van der Waals surface area contributed by atoms with Crippen LogP contribution in [-0.2, 0) is 11.2 Å². The van der Waals surface area contributed by atoms with Crippen molar-refractivity contribution in [1.82, 2.24) is 8.75 Å². The van der Waals surface area contributed by atoms with Crippen LogP contribution in [0.1, 0.15) is 0 Å². The van der Waals surface area contributed by atoms with E-state index < -0.39 is 11.2 Å². The van der Waals surface area contributed by atoms with Crippen LogP contribution in [0.4, 0.5) is 5.69 Å². The minimum absolute atomic E-state index is 0.682. The first-order valence-electron chi connectivity index (χ1n) is 3.41. The zero-order valence-corrected chi connectivity index (χ0v) is 8.06. The first-order valence-corrected chi connectivity index (χ1v) is 5.35. The Balaban J connectivity index is 2.42. The Labute approximate surface area is 81.0 Å². The van der Waals surface area contributed by atoms with E-state index in [-0.39, 0.29) is 0 Å². The minimum Gasteiger partial charge on any atom is -0.293 e. The summed E-state index contributed by atoms with van der Waals surface area (Å²) in [5.41, 5.74) is 2.29. The smallest absolute Gasteiger partial charge is 0.190 e. The first-order chi connectivity index (χ1) is 6.25. The fraction of sp³-hybridized carbons (Fsp3) is 0. The number of fused-ring (bicyclic) bond motifs is 1. The van der Waals surface area contributed by atoms with E-state index in [0.29, 0.717) is 5.69 Å². The highest BCUT2D eigenvalue weighted by molar-refractivity contribution is 7.84. The lowest BCUT2D eigenvalue weighted by molar-refractivity contribution is 0.687. The minimum atomic E-state index is -1.54. The van der Waals surface area contributed by atoms with Gasteiger partial charge in [0.1, 0.15) is 11.0 Å². The average molecular weight is 214 g/mol. The van der Waals surface area contributed by atoms with Gasteiger partial charge in [0.05, 0.1) is 11.7 Å². The van der Waals surface area contributed by atoms with E-state index in [4.69, 9.17) is 5.14 Å². The molecule has 0 amide bonds. The van der Waals surface area contributed by atoms with E-state index in [1.165, 1.54) is 0 Å². The van der Waals surface area contributed by atoms with Crippen LogP contribution in [0, 0.1) is 0 Å². The van der Waals surface area contributed by atoms with Gasteiger partial charge in [-0.05, 0) is 18.2 Å². The van der Waals surface area contributed by atoms with E-state index in [1.807, 2.05) is 0 Å². The number of rotatable bonds is 2. The Hall–Kier alpha value is -1.05. The molecule has 0 fully saturated rings. The Morgan fingerprint density at radius 3 is 2.92 bits per heavy atom. The average Bonchev–Trinajstić information content (AvgIpc) is 2.49. The molecule has 0 unspecified atom stereocenters. The zero-order valence-electron chi connectivity index (χ0n) is 6.43. The van der Waals surface area contributed by atoms with Crippen molar-refractivity contribution >= 4 is 39.6 Å². The maximum atomic E-state index is 10.6. The summed E-state index contributed by atoms with van der Waals surface area (Å²) in [4.78, 5) is 0. The summed E-state index contributed by atoms with van der Waals surface area (Å²) in [6.07, 6.45) is 0. The second-order valence-corrected chi connectivity index (χ2v) is 3.69. The van der Waals surface area contributed by atoms with Crippen LogP contribution in [0.25, 0.3) is 11.0 Å². The lowest BCUT2D eigenvalue weighted by Gasteiger charge is -1.99. The molecule has 1 aromatic heterocycles. The number of nitrogens with zero attached hydrogens (tertiary/aromatic N) is 2. The van der Waals surface area contributed by atoms with Crippen LogP contribution in [0.5, 0.6) is 0 Å². The van der Waals surface area contributed by atoms with E-state index in [9.17, 15) is 4.21 Å². The molecule has 0 saturated carbocycles. The van der Waals surface area contributed by atoms with Crippen LogP contribution in [-0.4, -0.2) is 13.0 Å². The monoisotopic (exact) mass is 214 g/mol. The van der Waals surface area contributed by atoms with Gasteiger partial charge in [0, 0.05) is 5.69 Å². The van der Waals surface area contributed by atoms with Crippen molar-refractivity contribution in [2.45, 2.75) is 0 Å². The normalized spacial score (nSPS) is 13.0. The summed E-state index contributed by atoms with van der Waals surface area (Å²) in [6, 6.07) is 5.31. The largest absolute Gasteiger partial charge is 0.293 e. The van der Waals surface area contributed by atoms with Crippen molar-refractivity contribution in [3.05, 3.63) is 18.2 Å². The van der Waals surface area contributed by atoms with E-state index in [0.717, 1.165) is 22.8 Å². The van der Waals surface area contributed by atoms with Gasteiger partial charge in [-0.15, -0.1) is 0 Å². The standard InChI is InChI=1S/C6H6N4OS2/c7-13(11)10-4-1-2-5-6(3-4)9-12-8-5/h1-3,10H,7H2/t13-/m1/s1. The predicted molar refractivity (Wildman–Crippen MR) is 53.4 cm³/mol. The molecule has 3 N–H and O–H groups in total. The van der Waals surface area contributed by atoms with Crippen LogP contribution >= 0.6 is 11.7 Å². The second kappa shape index (κ2) is 3.36. The number of nitrogens with two attached hydrogens (primary N) is 1. The van der Waals surface area contributed by atoms with E-state index >= 15 is 0 Å².